The Morgan fingerprint density at radius 3 is 0.885 bits per heavy atom. The molecule has 104 heavy (non-hydrogen) atoms. The van der Waals surface area contributed by atoms with Crippen molar-refractivity contribution in [2.75, 3.05) is 9.80 Å². The Morgan fingerprint density at radius 2 is 0.510 bits per heavy atom. The molecule has 0 unspecified atom stereocenters. The van der Waals surface area contributed by atoms with E-state index in [4.69, 9.17) is 0 Å². The second-order valence-electron chi connectivity index (χ2n) is 27.8. The van der Waals surface area contributed by atoms with Crippen molar-refractivity contribution in [3.8, 4) is 66.8 Å². The predicted octanol–water partition coefficient (Wildman–Crippen LogP) is 28.4. The standard InChI is InChI=1S/C55H37NS.C45H33NS/c1-5-15-38(16-6-1)40-25-29-44(30-26-40)56(45-31-27-41(28-32-45)39-17-7-2-8-18-39)46-33-34-49-51(37-46)55(42-19-9-3-10-20-42,43-21-11-4-12-22-43)50-36-35-48-47-23-13-14-24-52(47)57-54(48)53(49)50;1-45(2)40-28-27-38-37-15-9-10-16-42(37)47-44(38)43(40)39-26-25-36(29-41(39)45)46(34-21-17-32(18-22-34)30-11-5-3-6-12-30)35-23-19-33(20-24-35)31-13-7-4-8-14-31/h1-37H;3-29H,1-2H3. The number of thiophene rings is 2. The van der Waals surface area contributed by atoms with Crippen molar-refractivity contribution in [3.05, 3.63) is 422 Å². The maximum absolute atomic E-state index is 2.48. The highest BCUT2D eigenvalue weighted by molar-refractivity contribution is 7.26. The lowest BCUT2D eigenvalue weighted by atomic mass is 9.67. The fraction of sp³-hybridized carbons (Fsp3) is 0.0400. The molecular formula is C100H70N2S2. The molecule has 0 spiro atoms. The number of nitrogens with zero attached hydrogens (tertiary/aromatic N) is 2. The molecule has 2 nitrogen and oxygen atoms in total. The molecule has 0 fully saturated rings. The second kappa shape index (κ2) is 25.9. The van der Waals surface area contributed by atoms with Crippen molar-refractivity contribution < 1.29 is 0 Å². The van der Waals surface area contributed by atoms with Crippen LogP contribution in [0, 0.1) is 0 Å². The molecule has 16 aromatic carbocycles. The van der Waals surface area contributed by atoms with Crippen LogP contribution in [0.1, 0.15) is 47.2 Å². The van der Waals surface area contributed by atoms with E-state index in [2.05, 4.69) is 412 Å². The van der Waals surface area contributed by atoms with Gasteiger partial charge in [0.2, 0.25) is 0 Å². The highest BCUT2D eigenvalue weighted by Gasteiger charge is 2.48. The fourth-order valence-electron chi connectivity index (χ4n) is 16.6. The first-order valence-corrected chi connectivity index (χ1v) is 37.5. The van der Waals surface area contributed by atoms with Crippen molar-refractivity contribution >= 4 is 97.1 Å². The third-order valence-electron chi connectivity index (χ3n) is 21.7. The van der Waals surface area contributed by atoms with E-state index in [1.165, 1.54) is 140 Å². The van der Waals surface area contributed by atoms with E-state index >= 15 is 0 Å². The summed E-state index contributed by atoms with van der Waals surface area (Å²) in [6.07, 6.45) is 0. The summed E-state index contributed by atoms with van der Waals surface area (Å²) >= 11 is 3.84. The normalized spacial score (nSPS) is 12.9. The van der Waals surface area contributed by atoms with Gasteiger partial charge in [-0.05, 0) is 174 Å². The van der Waals surface area contributed by atoms with Gasteiger partial charge in [-0.3, -0.25) is 0 Å². The molecule has 0 bridgehead atoms. The number of anilines is 6. The number of hydrogen-bond donors (Lipinski definition) is 0. The zero-order valence-corrected chi connectivity index (χ0v) is 59.3. The van der Waals surface area contributed by atoms with E-state index < -0.39 is 5.41 Å². The molecule has 2 heterocycles. The first-order chi connectivity index (χ1) is 51.3. The highest BCUT2D eigenvalue weighted by atomic mass is 32.1. The number of hydrogen-bond acceptors (Lipinski definition) is 4. The van der Waals surface area contributed by atoms with Crippen LogP contribution in [-0.2, 0) is 10.8 Å². The molecule has 0 amide bonds. The van der Waals surface area contributed by atoms with Crippen LogP contribution < -0.4 is 9.80 Å². The van der Waals surface area contributed by atoms with E-state index in [9.17, 15) is 0 Å². The van der Waals surface area contributed by atoms with E-state index in [1.54, 1.807) is 0 Å². The number of benzene rings is 16. The third kappa shape index (κ3) is 10.6. The monoisotopic (exact) mass is 1360 g/mol. The zero-order chi connectivity index (χ0) is 69.3. The molecule has 492 valence electrons. The molecule has 2 aromatic heterocycles. The molecule has 0 aliphatic heterocycles. The quantitative estimate of drug-likeness (QED) is 0.120. The number of fused-ring (bicyclic) bond motifs is 14. The summed E-state index contributed by atoms with van der Waals surface area (Å²) in [6, 6.07) is 142. The minimum Gasteiger partial charge on any atom is -0.310 e. The lowest BCUT2D eigenvalue weighted by Crippen LogP contribution is -2.28. The topological polar surface area (TPSA) is 6.48 Å². The van der Waals surface area contributed by atoms with E-state index in [1.807, 2.05) is 22.7 Å². The lowest BCUT2D eigenvalue weighted by molar-refractivity contribution is 0.661. The Morgan fingerprint density at radius 1 is 0.221 bits per heavy atom. The molecular weight excluding hydrogens is 1290 g/mol. The summed E-state index contributed by atoms with van der Waals surface area (Å²) in [6.45, 7) is 4.77. The van der Waals surface area contributed by atoms with Gasteiger partial charge >= 0.3 is 0 Å². The first kappa shape index (κ1) is 62.6. The van der Waals surface area contributed by atoms with Crippen molar-refractivity contribution in [1.82, 2.24) is 0 Å². The Kier molecular flexibility index (Phi) is 15.6. The van der Waals surface area contributed by atoms with Crippen LogP contribution in [0.25, 0.3) is 107 Å². The molecule has 0 saturated carbocycles. The van der Waals surface area contributed by atoms with Crippen molar-refractivity contribution in [2.45, 2.75) is 24.7 Å². The summed E-state index contributed by atoms with van der Waals surface area (Å²) in [5.74, 6) is 0. The Bertz CT molecular complexity index is 5980. The number of rotatable bonds is 12. The van der Waals surface area contributed by atoms with Gasteiger partial charge in [-0.1, -0.05) is 317 Å². The van der Waals surface area contributed by atoms with Crippen LogP contribution in [0.4, 0.5) is 34.1 Å². The van der Waals surface area contributed by atoms with E-state index in [-0.39, 0.29) is 5.41 Å². The average Bonchev–Trinajstić information content (AvgIpc) is 1.53. The molecule has 0 radical (unpaired) electrons. The minimum absolute atomic E-state index is 0.120. The molecule has 0 saturated heterocycles. The molecule has 0 atom stereocenters. The highest BCUT2D eigenvalue weighted by Crippen LogP contribution is 2.61. The van der Waals surface area contributed by atoms with E-state index in [0.717, 1.165) is 34.1 Å². The molecule has 2 aliphatic carbocycles. The molecule has 4 heteroatoms. The summed E-state index contributed by atoms with van der Waals surface area (Å²) in [5.41, 5.74) is 29.1. The molecule has 0 N–H and O–H groups in total. The average molecular weight is 1360 g/mol. The van der Waals surface area contributed by atoms with Crippen molar-refractivity contribution in [1.29, 1.82) is 0 Å². The van der Waals surface area contributed by atoms with Gasteiger partial charge in [-0.25, -0.2) is 0 Å². The van der Waals surface area contributed by atoms with Gasteiger partial charge in [0, 0.05) is 91.0 Å². The van der Waals surface area contributed by atoms with Crippen LogP contribution in [0.5, 0.6) is 0 Å². The summed E-state index contributed by atoms with van der Waals surface area (Å²) in [5, 5.41) is 5.34. The fourth-order valence-corrected chi connectivity index (χ4v) is 19.2. The van der Waals surface area contributed by atoms with Crippen molar-refractivity contribution in [3.63, 3.8) is 0 Å². The van der Waals surface area contributed by atoms with Crippen LogP contribution >= 0.6 is 22.7 Å². The van der Waals surface area contributed by atoms with E-state index in [0.29, 0.717) is 0 Å². The van der Waals surface area contributed by atoms with Gasteiger partial charge in [0.05, 0.1) is 5.41 Å². The van der Waals surface area contributed by atoms with Crippen LogP contribution in [0.15, 0.2) is 388 Å². The largest absolute Gasteiger partial charge is 0.310 e. The predicted molar refractivity (Wildman–Crippen MR) is 445 cm³/mol. The maximum Gasteiger partial charge on any atom is 0.0714 e. The smallest absolute Gasteiger partial charge is 0.0714 e. The SMILES string of the molecule is CC1(C)c2cc(N(c3ccc(-c4ccccc4)cc3)c3ccc(-c4ccccc4)cc3)ccc2-c2c1ccc1c2sc2ccccc21.c1ccc(-c2ccc(N(c3ccc(-c4ccccc4)cc3)c3ccc4c(c3)C(c3ccccc3)(c3ccccc3)c3ccc5c(sc6ccccc65)c3-4)cc2)cc1. The van der Waals surface area contributed by atoms with Gasteiger partial charge in [0.25, 0.3) is 0 Å². The van der Waals surface area contributed by atoms with Crippen LogP contribution in [0.3, 0.4) is 0 Å². The van der Waals surface area contributed by atoms with Gasteiger partial charge < -0.3 is 9.80 Å². The Balaban J connectivity index is 0.000000146. The van der Waals surface area contributed by atoms with Gasteiger partial charge in [-0.15, -0.1) is 22.7 Å². The molecule has 2 aliphatic rings. The molecule has 20 rings (SSSR count). The lowest BCUT2D eigenvalue weighted by Gasteiger charge is -2.35. The Labute approximate surface area is 615 Å². The van der Waals surface area contributed by atoms with Gasteiger partial charge in [0.1, 0.15) is 0 Å². The first-order valence-electron chi connectivity index (χ1n) is 35.9. The second-order valence-corrected chi connectivity index (χ2v) is 29.9. The molecule has 18 aromatic rings. The maximum atomic E-state index is 2.48. The van der Waals surface area contributed by atoms with Gasteiger partial charge in [0.15, 0.2) is 0 Å². The van der Waals surface area contributed by atoms with Crippen LogP contribution in [0.2, 0.25) is 0 Å². The third-order valence-corrected chi connectivity index (χ3v) is 24.1. The van der Waals surface area contributed by atoms with Crippen LogP contribution in [-0.4, -0.2) is 0 Å². The summed E-state index contributed by atoms with van der Waals surface area (Å²) in [4.78, 5) is 4.82. The summed E-state index contributed by atoms with van der Waals surface area (Å²) < 4.78 is 5.41. The Hall–Kier alpha value is -12.4. The summed E-state index contributed by atoms with van der Waals surface area (Å²) in [7, 11) is 0. The zero-order valence-electron chi connectivity index (χ0n) is 57.7. The minimum atomic E-state index is -0.534. The van der Waals surface area contributed by atoms with Gasteiger partial charge in [-0.2, -0.15) is 0 Å². The van der Waals surface area contributed by atoms with Crippen molar-refractivity contribution in [2.24, 2.45) is 0 Å².